The molecule has 0 unspecified atom stereocenters. The van der Waals surface area contributed by atoms with Gasteiger partial charge >= 0.3 is 0 Å². The lowest BCUT2D eigenvalue weighted by Crippen LogP contribution is -2.28. The molecule has 0 amide bonds. The normalized spacial score (nSPS) is 11.1. The lowest BCUT2D eigenvalue weighted by atomic mass is 10.1. The predicted molar refractivity (Wildman–Crippen MR) is 91.3 cm³/mol. The molecule has 106 valence electrons. The second kappa shape index (κ2) is 5.07. The molecule has 0 atom stereocenters. The highest BCUT2D eigenvalue weighted by Gasteiger charge is 2.12. The maximum atomic E-state index is 12.6. The van der Waals surface area contributed by atoms with Crippen LogP contribution in [0, 0.1) is 5.21 Å². The third kappa shape index (κ3) is 2.12. The van der Waals surface area contributed by atoms with Gasteiger partial charge in [0.25, 0.3) is 0 Å². The summed E-state index contributed by atoms with van der Waals surface area (Å²) in [5.41, 5.74) is 4.65. The molecule has 0 N–H and O–H groups in total. The summed E-state index contributed by atoms with van der Waals surface area (Å²) in [5, 5.41) is 12.6. The monoisotopic (exact) mass is 350 g/mol. The molecular weight excluding hydrogens is 340 g/mol. The molecule has 0 bridgehead atoms. The van der Waals surface area contributed by atoms with Crippen LogP contribution in [0.15, 0.2) is 71.2 Å². The standard InChI is InChI=1S/C18H11BrN2O/c19-14-8-5-12(6-9-14)13-7-10-16-18(11-13)21(22)17-4-2-1-3-15(17)20-16/h1-11H. The zero-order valence-electron chi connectivity index (χ0n) is 11.5. The van der Waals surface area contributed by atoms with Crippen molar-refractivity contribution in [2.45, 2.75) is 0 Å². The molecule has 0 saturated carbocycles. The van der Waals surface area contributed by atoms with Gasteiger partial charge in [0.05, 0.1) is 0 Å². The number of hydrogen-bond donors (Lipinski definition) is 0. The molecule has 0 spiro atoms. The van der Waals surface area contributed by atoms with Crippen molar-refractivity contribution in [2.75, 3.05) is 0 Å². The van der Waals surface area contributed by atoms with Gasteiger partial charge in [0.2, 0.25) is 11.0 Å². The van der Waals surface area contributed by atoms with Gasteiger partial charge in [0.15, 0.2) is 0 Å². The maximum absolute atomic E-state index is 12.6. The summed E-state index contributed by atoms with van der Waals surface area (Å²) in [6.07, 6.45) is 0. The van der Waals surface area contributed by atoms with E-state index in [0.29, 0.717) is 22.1 Å². The van der Waals surface area contributed by atoms with Crippen LogP contribution in [-0.4, -0.2) is 4.98 Å². The van der Waals surface area contributed by atoms with E-state index in [4.69, 9.17) is 0 Å². The number of fused-ring (bicyclic) bond motifs is 2. The van der Waals surface area contributed by atoms with Crippen molar-refractivity contribution in [3.63, 3.8) is 0 Å². The smallest absolute Gasteiger partial charge is 0.243 e. The molecule has 0 aliphatic rings. The predicted octanol–water partition coefficient (Wildman–Crippen LogP) is 4.45. The fourth-order valence-corrected chi connectivity index (χ4v) is 2.86. The average molecular weight is 351 g/mol. The Morgan fingerprint density at radius 2 is 1.45 bits per heavy atom. The van der Waals surface area contributed by atoms with Gasteiger partial charge in [-0.15, -0.1) is 0 Å². The SMILES string of the molecule is [O-][n+]1c2ccccc2nc2ccc(-c3ccc(Br)cc3)cc21. The van der Waals surface area contributed by atoms with Crippen LogP contribution in [0.1, 0.15) is 0 Å². The van der Waals surface area contributed by atoms with Crippen molar-refractivity contribution in [1.29, 1.82) is 0 Å². The molecule has 4 rings (SSSR count). The number of benzene rings is 3. The van der Waals surface area contributed by atoms with Crippen molar-refractivity contribution >= 4 is 38.0 Å². The Hall–Kier alpha value is -2.46. The van der Waals surface area contributed by atoms with E-state index in [9.17, 15) is 5.21 Å². The summed E-state index contributed by atoms with van der Waals surface area (Å²) in [7, 11) is 0. The minimum Gasteiger partial charge on any atom is -0.618 e. The minimum absolute atomic E-state index is 0.583. The van der Waals surface area contributed by atoms with Crippen molar-refractivity contribution < 1.29 is 4.73 Å². The van der Waals surface area contributed by atoms with Crippen LogP contribution < -0.4 is 4.73 Å². The molecule has 4 aromatic rings. The van der Waals surface area contributed by atoms with E-state index in [1.807, 2.05) is 60.7 Å². The molecule has 3 aromatic carbocycles. The summed E-state index contributed by atoms with van der Waals surface area (Å²) in [5.74, 6) is 0. The van der Waals surface area contributed by atoms with Gasteiger partial charge < -0.3 is 5.21 Å². The van der Waals surface area contributed by atoms with Gasteiger partial charge in [0, 0.05) is 16.6 Å². The third-order valence-corrected chi connectivity index (χ3v) is 4.24. The number of halogens is 1. The molecule has 1 heterocycles. The molecule has 0 saturated heterocycles. The van der Waals surface area contributed by atoms with Crippen LogP contribution in [0.5, 0.6) is 0 Å². The highest BCUT2D eigenvalue weighted by atomic mass is 79.9. The van der Waals surface area contributed by atoms with Crippen LogP contribution in [0.2, 0.25) is 0 Å². The number of rotatable bonds is 1. The van der Waals surface area contributed by atoms with Gasteiger partial charge in [-0.25, -0.2) is 4.98 Å². The highest BCUT2D eigenvalue weighted by molar-refractivity contribution is 9.10. The lowest BCUT2D eigenvalue weighted by molar-refractivity contribution is -0.548. The van der Waals surface area contributed by atoms with Gasteiger partial charge in [-0.1, -0.05) is 46.3 Å². The van der Waals surface area contributed by atoms with Gasteiger partial charge in [-0.2, -0.15) is 4.73 Å². The maximum Gasteiger partial charge on any atom is 0.243 e. The topological polar surface area (TPSA) is 39.8 Å². The zero-order valence-corrected chi connectivity index (χ0v) is 13.1. The van der Waals surface area contributed by atoms with E-state index in [1.165, 1.54) is 0 Å². The molecule has 3 nitrogen and oxygen atoms in total. The second-order valence-electron chi connectivity index (χ2n) is 5.11. The van der Waals surface area contributed by atoms with Crippen LogP contribution >= 0.6 is 15.9 Å². The Balaban J connectivity index is 1.98. The first-order valence-electron chi connectivity index (χ1n) is 6.90. The van der Waals surface area contributed by atoms with Crippen LogP contribution in [0.25, 0.3) is 33.2 Å². The summed E-state index contributed by atoms with van der Waals surface area (Å²) < 4.78 is 1.99. The van der Waals surface area contributed by atoms with Crippen molar-refractivity contribution in [3.8, 4) is 11.1 Å². The fourth-order valence-electron chi connectivity index (χ4n) is 2.59. The van der Waals surface area contributed by atoms with Crippen LogP contribution in [0.3, 0.4) is 0 Å². The van der Waals surface area contributed by atoms with Crippen LogP contribution in [0.4, 0.5) is 0 Å². The zero-order chi connectivity index (χ0) is 15.1. The Labute approximate surface area is 135 Å². The molecule has 22 heavy (non-hydrogen) atoms. The summed E-state index contributed by atoms with van der Waals surface area (Å²) in [6.45, 7) is 0. The largest absolute Gasteiger partial charge is 0.618 e. The van der Waals surface area contributed by atoms with E-state index in [1.54, 1.807) is 6.07 Å². The minimum atomic E-state index is 0.583. The van der Waals surface area contributed by atoms with Crippen molar-refractivity contribution in [3.05, 3.63) is 76.4 Å². The first-order valence-corrected chi connectivity index (χ1v) is 7.70. The molecule has 1 aromatic heterocycles. The van der Waals surface area contributed by atoms with E-state index >= 15 is 0 Å². The van der Waals surface area contributed by atoms with E-state index in [0.717, 1.165) is 20.3 Å². The summed E-state index contributed by atoms with van der Waals surface area (Å²) >= 11 is 3.43. The first kappa shape index (κ1) is 13.2. The number of nitrogens with zero attached hydrogens (tertiary/aromatic N) is 2. The first-order chi connectivity index (χ1) is 10.7. The number of aromatic nitrogens is 2. The second-order valence-corrected chi connectivity index (χ2v) is 6.02. The Morgan fingerprint density at radius 3 is 2.27 bits per heavy atom. The molecule has 0 fully saturated rings. The average Bonchev–Trinajstić information content (AvgIpc) is 2.56. The fraction of sp³-hybridized carbons (Fsp3) is 0. The Kier molecular flexibility index (Phi) is 3.05. The third-order valence-electron chi connectivity index (χ3n) is 3.71. The molecule has 0 radical (unpaired) electrons. The Bertz CT molecular complexity index is 997. The Morgan fingerprint density at radius 1 is 0.773 bits per heavy atom. The molecular formula is C18H11BrN2O. The number of hydrogen-bond acceptors (Lipinski definition) is 2. The van der Waals surface area contributed by atoms with Gasteiger partial charge in [0.1, 0.15) is 11.0 Å². The molecule has 4 heteroatoms. The lowest BCUT2D eigenvalue weighted by Gasteiger charge is -2.07. The quantitative estimate of drug-likeness (QED) is 0.289. The molecule has 0 aliphatic heterocycles. The van der Waals surface area contributed by atoms with E-state index in [-0.39, 0.29) is 0 Å². The van der Waals surface area contributed by atoms with Crippen molar-refractivity contribution in [1.82, 2.24) is 4.98 Å². The van der Waals surface area contributed by atoms with Gasteiger partial charge in [-0.3, -0.25) is 0 Å². The summed E-state index contributed by atoms with van der Waals surface area (Å²) in [6, 6.07) is 21.2. The van der Waals surface area contributed by atoms with Gasteiger partial charge in [-0.05, 0) is 35.4 Å². The number of para-hydroxylation sites is 2. The summed E-state index contributed by atoms with van der Waals surface area (Å²) in [4.78, 5) is 4.56. The molecule has 0 aliphatic carbocycles. The van der Waals surface area contributed by atoms with E-state index in [2.05, 4.69) is 20.9 Å². The van der Waals surface area contributed by atoms with Crippen molar-refractivity contribution in [2.24, 2.45) is 0 Å². The highest BCUT2D eigenvalue weighted by Crippen LogP contribution is 2.24. The van der Waals surface area contributed by atoms with Crippen LogP contribution in [-0.2, 0) is 0 Å². The van der Waals surface area contributed by atoms with E-state index < -0.39 is 0 Å².